The maximum Gasteiger partial charge on any atom is 0.416 e. The number of benzene rings is 2. The third-order valence-corrected chi connectivity index (χ3v) is 4.47. The molecule has 0 bridgehead atoms. The second-order valence-corrected chi connectivity index (χ2v) is 6.23. The number of hydrogen-bond acceptors (Lipinski definition) is 0. The van der Waals surface area contributed by atoms with Crippen molar-refractivity contribution in [3.8, 4) is 0 Å². The summed E-state index contributed by atoms with van der Waals surface area (Å²) in [5.74, 6) is 0. The van der Waals surface area contributed by atoms with E-state index in [2.05, 4.69) is 25.6 Å². The maximum absolute atomic E-state index is 12.7. The standard InChI is InChI=1S/C18H16BF3/c1-3-12-4-7-15(8-5-12)19-17(2)11-13-10-14(18(20,21)22)6-9-16(13)17/h3-10,19H,1,11H2,2H3. The minimum Gasteiger partial charge on any atom is -0.166 e. The highest BCUT2D eigenvalue weighted by Gasteiger charge is 2.41. The summed E-state index contributed by atoms with van der Waals surface area (Å²) >= 11 is 0. The summed E-state index contributed by atoms with van der Waals surface area (Å²) < 4.78 is 38.2. The molecule has 4 heteroatoms. The van der Waals surface area contributed by atoms with Crippen molar-refractivity contribution >= 4 is 18.8 Å². The Hall–Kier alpha value is -1.97. The molecule has 1 atom stereocenters. The predicted molar refractivity (Wildman–Crippen MR) is 85.8 cm³/mol. The summed E-state index contributed by atoms with van der Waals surface area (Å²) in [6.07, 6.45) is -1.78. The fourth-order valence-corrected chi connectivity index (χ4v) is 3.29. The first-order valence-electron chi connectivity index (χ1n) is 7.24. The zero-order valence-electron chi connectivity index (χ0n) is 12.4. The molecule has 22 heavy (non-hydrogen) atoms. The van der Waals surface area contributed by atoms with Gasteiger partial charge in [-0.3, -0.25) is 0 Å². The van der Waals surface area contributed by atoms with Gasteiger partial charge in [0, 0.05) is 0 Å². The van der Waals surface area contributed by atoms with Crippen molar-refractivity contribution in [1.29, 1.82) is 0 Å². The van der Waals surface area contributed by atoms with Crippen LogP contribution in [0.25, 0.3) is 6.08 Å². The molecule has 0 heterocycles. The highest BCUT2D eigenvalue weighted by atomic mass is 19.4. The van der Waals surface area contributed by atoms with E-state index in [9.17, 15) is 13.2 Å². The van der Waals surface area contributed by atoms with Gasteiger partial charge in [0.2, 0.25) is 0 Å². The lowest BCUT2D eigenvalue weighted by Gasteiger charge is -2.41. The summed E-state index contributed by atoms with van der Waals surface area (Å²) in [5, 5.41) is -0.0742. The lowest BCUT2D eigenvalue weighted by molar-refractivity contribution is -0.137. The molecule has 0 spiro atoms. The molecule has 2 aromatic carbocycles. The van der Waals surface area contributed by atoms with Gasteiger partial charge in [-0.05, 0) is 40.6 Å². The summed E-state index contributed by atoms with van der Waals surface area (Å²) in [4.78, 5) is 0. The highest BCUT2D eigenvalue weighted by molar-refractivity contribution is 6.57. The van der Waals surface area contributed by atoms with E-state index >= 15 is 0 Å². The number of rotatable bonds is 3. The van der Waals surface area contributed by atoms with E-state index in [4.69, 9.17) is 0 Å². The highest BCUT2D eigenvalue weighted by Crippen LogP contribution is 2.42. The van der Waals surface area contributed by atoms with Gasteiger partial charge in [-0.2, -0.15) is 13.2 Å². The van der Waals surface area contributed by atoms with E-state index in [1.807, 2.05) is 12.1 Å². The van der Waals surface area contributed by atoms with E-state index in [0.29, 0.717) is 6.42 Å². The van der Waals surface area contributed by atoms with Crippen molar-refractivity contribution in [2.75, 3.05) is 0 Å². The van der Waals surface area contributed by atoms with Crippen molar-refractivity contribution in [1.82, 2.24) is 0 Å². The zero-order valence-corrected chi connectivity index (χ0v) is 12.4. The molecular weight excluding hydrogens is 284 g/mol. The van der Waals surface area contributed by atoms with Crippen LogP contribution >= 0.6 is 0 Å². The van der Waals surface area contributed by atoms with Crippen LogP contribution in [0.2, 0.25) is 0 Å². The Bertz CT molecular complexity index is 716. The van der Waals surface area contributed by atoms with Crippen LogP contribution in [0, 0.1) is 0 Å². The molecule has 0 saturated carbocycles. The van der Waals surface area contributed by atoms with Crippen LogP contribution in [0.4, 0.5) is 13.2 Å². The Morgan fingerprint density at radius 1 is 1.14 bits per heavy atom. The Kier molecular flexibility index (Phi) is 3.43. The third kappa shape index (κ3) is 2.58. The normalized spacial score (nSPS) is 20.0. The van der Waals surface area contributed by atoms with E-state index in [1.165, 1.54) is 17.6 Å². The molecular formula is C18H16BF3. The molecule has 0 N–H and O–H groups in total. The van der Waals surface area contributed by atoms with Crippen LogP contribution in [0.15, 0.2) is 49.0 Å². The number of halogens is 3. The van der Waals surface area contributed by atoms with E-state index in [-0.39, 0.29) is 5.31 Å². The summed E-state index contributed by atoms with van der Waals surface area (Å²) in [6.45, 7) is 5.84. The number of hydrogen-bond donors (Lipinski definition) is 0. The van der Waals surface area contributed by atoms with Crippen LogP contribution in [0.5, 0.6) is 0 Å². The molecule has 0 fully saturated rings. The monoisotopic (exact) mass is 300 g/mol. The second kappa shape index (κ2) is 5.04. The lowest BCUT2D eigenvalue weighted by Crippen LogP contribution is -2.46. The number of alkyl halides is 3. The molecule has 112 valence electrons. The van der Waals surface area contributed by atoms with Gasteiger partial charge in [-0.1, -0.05) is 55.4 Å². The first-order chi connectivity index (χ1) is 10.3. The Labute approximate surface area is 128 Å². The molecule has 0 saturated heterocycles. The minimum absolute atomic E-state index is 0.0742. The van der Waals surface area contributed by atoms with Crippen LogP contribution in [0.3, 0.4) is 0 Å². The molecule has 0 aromatic heterocycles. The molecule has 0 amide bonds. The van der Waals surface area contributed by atoms with Crippen molar-refractivity contribution in [2.24, 2.45) is 0 Å². The molecule has 2 aromatic rings. The van der Waals surface area contributed by atoms with E-state index < -0.39 is 11.7 Å². The first-order valence-corrected chi connectivity index (χ1v) is 7.24. The van der Waals surface area contributed by atoms with Crippen LogP contribution < -0.4 is 5.46 Å². The summed E-state index contributed by atoms with van der Waals surface area (Å²) in [6, 6.07) is 12.3. The van der Waals surface area contributed by atoms with Gasteiger partial charge in [0.25, 0.3) is 0 Å². The minimum atomic E-state index is -4.26. The largest absolute Gasteiger partial charge is 0.416 e. The van der Waals surface area contributed by atoms with Gasteiger partial charge < -0.3 is 0 Å². The van der Waals surface area contributed by atoms with Crippen LogP contribution in [-0.2, 0) is 17.9 Å². The molecule has 3 rings (SSSR count). The molecule has 1 aliphatic rings. The predicted octanol–water partition coefficient (Wildman–Crippen LogP) is 3.88. The fraction of sp³-hybridized carbons (Fsp3) is 0.222. The molecule has 0 radical (unpaired) electrons. The Balaban J connectivity index is 1.82. The Morgan fingerprint density at radius 2 is 1.82 bits per heavy atom. The summed E-state index contributed by atoms with van der Waals surface area (Å²) in [5.41, 5.74) is 3.56. The summed E-state index contributed by atoms with van der Waals surface area (Å²) in [7, 11) is 0.836. The van der Waals surface area contributed by atoms with E-state index in [0.717, 1.165) is 24.0 Å². The topological polar surface area (TPSA) is 0 Å². The van der Waals surface area contributed by atoms with E-state index in [1.54, 1.807) is 12.1 Å². The maximum atomic E-state index is 12.7. The molecule has 1 aliphatic carbocycles. The van der Waals surface area contributed by atoms with Crippen molar-refractivity contribution < 1.29 is 13.2 Å². The third-order valence-electron chi connectivity index (χ3n) is 4.47. The second-order valence-electron chi connectivity index (χ2n) is 6.23. The van der Waals surface area contributed by atoms with Gasteiger partial charge in [0.05, 0.1) is 5.56 Å². The van der Waals surface area contributed by atoms with Crippen molar-refractivity contribution in [3.63, 3.8) is 0 Å². The quantitative estimate of drug-likeness (QED) is 0.755. The van der Waals surface area contributed by atoms with Crippen LogP contribution in [0.1, 0.15) is 29.2 Å². The van der Waals surface area contributed by atoms with Gasteiger partial charge >= 0.3 is 6.18 Å². The molecule has 0 aliphatic heterocycles. The smallest absolute Gasteiger partial charge is 0.166 e. The van der Waals surface area contributed by atoms with Gasteiger partial charge in [-0.15, -0.1) is 0 Å². The molecule has 0 nitrogen and oxygen atoms in total. The Morgan fingerprint density at radius 3 is 2.36 bits per heavy atom. The van der Waals surface area contributed by atoms with Crippen molar-refractivity contribution in [2.45, 2.75) is 24.8 Å². The average Bonchev–Trinajstić information content (AvgIpc) is 2.46. The van der Waals surface area contributed by atoms with Gasteiger partial charge in [0.15, 0.2) is 7.28 Å². The number of fused-ring (bicyclic) bond motifs is 1. The van der Waals surface area contributed by atoms with Gasteiger partial charge in [0.1, 0.15) is 0 Å². The SMILES string of the molecule is C=Cc1ccc(BC2(C)Cc3cc(C(F)(F)F)ccc32)cc1. The fourth-order valence-electron chi connectivity index (χ4n) is 3.29. The lowest BCUT2D eigenvalue weighted by atomic mass is 9.40. The zero-order chi connectivity index (χ0) is 16.0. The van der Waals surface area contributed by atoms with Crippen molar-refractivity contribution in [3.05, 3.63) is 71.3 Å². The van der Waals surface area contributed by atoms with Gasteiger partial charge in [-0.25, -0.2) is 0 Å². The molecule has 1 unspecified atom stereocenters. The first kappa shape index (κ1) is 15.0. The van der Waals surface area contributed by atoms with Crippen LogP contribution in [-0.4, -0.2) is 7.28 Å². The average molecular weight is 300 g/mol.